The molecule has 0 aromatic heterocycles. The smallest absolute Gasteiger partial charge is 0.309 e. The molecule has 4 nitrogen and oxygen atoms in total. The van der Waals surface area contributed by atoms with Crippen LogP contribution in [0.25, 0.3) is 0 Å². The molecule has 0 bridgehead atoms. The molecule has 0 aliphatic carbocycles. The van der Waals surface area contributed by atoms with Crippen molar-refractivity contribution >= 4 is 34.9 Å². The summed E-state index contributed by atoms with van der Waals surface area (Å²) in [4.78, 5) is 15.2. The minimum atomic E-state index is -0.908. The fourth-order valence-corrected chi connectivity index (χ4v) is 3.31. The van der Waals surface area contributed by atoms with Gasteiger partial charge in [-0.05, 0) is 25.5 Å². The Bertz CT molecular complexity index is 589. The van der Waals surface area contributed by atoms with E-state index in [1.54, 1.807) is 6.07 Å². The first-order valence-corrected chi connectivity index (χ1v) is 8.13. The molecule has 0 amide bonds. The number of para-hydroxylation sites is 1. The highest BCUT2D eigenvalue weighted by atomic mass is 35.5. The monoisotopic (exact) mass is 342 g/mol. The molecule has 120 valence electrons. The minimum Gasteiger partial charge on any atom is -0.481 e. The zero-order valence-electron chi connectivity index (χ0n) is 12.7. The molecular weight excluding hydrogens is 323 g/mol. The van der Waals surface area contributed by atoms with Gasteiger partial charge in [-0.3, -0.25) is 4.79 Å². The van der Waals surface area contributed by atoms with E-state index in [1.807, 2.05) is 34.9 Å². The second-order valence-electron chi connectivity index (χ2n) is 5.31. The lowest BCUT2D eigenvalue weighted by molar-refractivity contribution is -0.136. The lowest BCUT2D eigenvalue weighted by Gasteiger charge is -2.32. The topological polar surface area (TPSA) is 43.8 Å². The fraction of sp³-hybridized carbons (Fsp3) is 0.438. The average molecular weight is 343 g/mol. The molecule has 2 rings (SSSR count). The second kappa shape index (κ2) is 7.25. The highest BCUT2D eigenvalue weighted by Crippen LogP contribution is 2.40. The average Bonchev–Trinajstić information content (AvgIpc) is 2.69. The van der Waals surface area contributed by atoms with E-state index in [0.29, 0.717) is 15.9 Å². The van der Waals surface area contributed by atoms with Gasteiger partial charge in [0.1, 0.15) is 11.3 Å². The van der Waals surface area contributed by atoms with Gasteiger partial charge in [0.25, 0.3) is 0 Å². The van der Waals surface area contributed by atoms with Crippen LogP contribution in [0.5, 0.6) is 0 Å². The van der Waals surface area contributed by atoms with E-state index in [4.69, 9.17) is 23.2 Å². The van der Waals surface area contributed by atoms with E-state index in [0.717, 1.165) is 25.1 Å². The number of nitrogens with zero attached hydrogens (tertiary/aromatic N) is 2. The summed E-state index contributed by atoms with van der Waals surface area (Å²) in [6.45, 7) is 4.92. The van der Waals surface area contributed by atoms with E-state index >= 15 is 0 Å². The van der Waals surface area contributed by atoms with Crippen LogP contribution < -0.4 is 4.90 Å². The predicted octanol–water partition coefficient (Wildman–Crippen LogP) is 4.49. The summed E-state index contributed by atoms with van der Waals surface area (Å²) in [5.74, 6) is -0.908. The molecule has 0 saturated carbocycles. The molecule has 0 spiro atoms. The van der Waals surface area contributed by atoms with Crippen molar-refractivity contribution < 1.29 is 9.90 Å². The maximum absolute atomic E-state index is 11.2. The maximum atomic E-state index is 11.2. The van der Waals surface area contributed by atoms with Crippen molar-refractivity contribution in [2.45, 2.75) is 39.3 Å². The summed E-state index contributed by atoms with van der Waals surface area (Å²) in [7, 11) is 0. The van der Waals surface area contributed by atoms with Gasteiger partial charge in [0.2, 0.25) is 0 Å². The summed E-state index contributed by atoms with van der Waals surface area (Å²) >= 11 is 12.8. The van der Waals surface area contributed by atoms with E-state index in [-0.39, 0.29) is 12.6 Å². The number of hydrogen-bond donors (Lipinski definition) is 1. The van der Waals surface area contributed by atoms with Gasteiger partial charge < -0.3 is 14.9 Å². The Kier molecular flexibility index (Phi) is 5.59. The van der Waals surface area contributed by atoms with Crippen LogP contribution in [-0.2, 0) is 4.79 Å². The van der Waals surface area contributed by atoms with Crippen LogP contribution >= 0.6 is 23.2 Å². The standard InChI is InChI=1S/C16H20Cl2N2O2/c1-3-4-9-19-11(2)20(13-8-6-5-7-12(13)17)14(16(19)18)10-15(21)22/h5-8,11H,3-4,9-10H2,1-2H3,(H,21,22). The van der Waals surface area contributed by atoms with Gasteiger partial charge >= 0.3 is 5.97 Å². The number of carboxylic acid groups (broad SMARTS) is 1. The van der Waals surface area contributed by atoms with Crippen molar-refractivity contribution in [3.05, 3.63) is 40.1 Å². The molecule has 0 fully saturated rings. The normalized spacial score (nSPS) is 18.3. The predicted molar refractivity (Wildman–Crippen MR) is 90.1 cm³/mol. The second-order valence-corrected chi connectivity index (χ2v) is 6.07. The molecule has 6 heteroatoms. The van der Waals surface area contributed by atoms with E-state index < -0.39 is 5.97 Å². The van der Waals surface area contributed by atoms with Crippen LogP contribution in [0.4, 0.5) is 5.69 Å². The Morgan fingerprint density at radius 1 is 1.32 bits per heavy atom. The summed E-state index contributed by atoms with van der Waals surface area (Å²) in [5, 5.41) is 10.3. The Hall–Kier alpha value is -1.39. The molecule has 1 aliphatic rings. The van der Waals surface area contributed by atoms with Gasteiger partial charge in [0.05, 0.1) is 22.8 Å². The van der Waals surface area contributed by atoms with Crippen LogP contribution in [0.3, 0.4) is 0 Å². The Morgan fingerprint density at radius 2 is 2.00 bits per heavy atom. The highest BCUT2D eigenvalue weighted by Gasteiger charge is 2.36. The molecule has 1 unspecified atom stereocenters. The highest BCUT2D eigenvalue weighted by molar-refractivity contribution is 6.33. The number of carbonyl (C=O) groups is 1. The Morgan fingerprint density at radius 3 is 2.59 bits per heavy atom. The summed E-state index contributed by atoms with van der Waals surface area (Å²) in [6, 6.07) is 7.41. The van der Waals surface area contributed by atoms with Crippen molar-refractivity contribution in [3.8, 4) is 0 Å². The van der Waals surface area contributed by atoms with Crippen molar-refractivity contribution in [2.24, 2.45) is 0 Å². The first kappa shape index (κ1) is 17.0. The van der Waals surface area contributed by atoms with Crippen LogP contribution in [0.2, 0.25) is 5.02 Å². The molecule has 1 heterocycles. The number of hydrogen-bond acceptors (Lipinski definition) is 3. The van der Waals surface area contributed by atoms with Crippen molar-refractivity contribution in [1.29, 1.82) is 0 Å². The third-order valence-electron chi connectivity index (χ3n) is 3.79. The first-order valence-electron chi connectivity index (χ1n) is 7.38. The number of anilines is 1. The number of benzene rings is 1. The van der Waals surface area contributed by atoms with Crippen LogP contribution in [-0.4, -0.2) is 28.7 Å². The van der Waals surface area contributed by atoms with Gasteiger partial charge in [-0.1, -0.05) is 48.7 Å². The SMILES string of the molecule is CCCCN1C(Cl)=C(CC(=O)O)N(c2ccccc2Cl)C1C. The van der Waals surface area contributed by atoms with E-state index in [2.05, 4.69) is 6.92 Å². The molecule has 1 aromatic carbocycles. The Balaban J connectivity index is 2.42. The third kappa shape index (κ3) is 3.33. The maximum Gasteiger partial charge on any atom is 0.309 e. The number of rotatable bonds is 6. The zero-order valence-corrected chi connectivity index (χ0v) is 14.2. The number of aliphatic carboxylic acids is 1. The molecule has 1 N–H and O–H groups in total. The van der Waals surface area contributed by atoms with Gasteiger partial charge in [0.15, 0.2) is 0 Å². The fourth-order valence-electron chi connectivity index (χ4n) is 2.70. The number of halogens is 2. The number of unbranched alkanes of at least 4 members (excludes halogenated alkanes) is 1. The summed E-state index contributed by atoms with van der Waals surface area (Å²) < 4.78 is 0. The van der Waals surface area contributed by atoms with Crippen LogP contribution in [0.1, 0.15) is 33.1 Å². The third-order valence-corrected chi connectivity index (χ3v) is 4.54. The molecule has 0 saturated heterocycles. The molecule has 0 radical (unpaired) electrons. The molecular formula is C16H20Cl2N2O2. The summed E-state index contributed by atoms with van der Waals surface area (Å²) in [5.41, 5.74) is 1.37. The zero-order chi connectivity index (χ0) is 16.3. The largest absolute Gasteiger partial charge is 0.481 e. The van der Waals surface area contributed by atoms with Gasteiger partial charge in [0, 0.05) is 6.54 Å². The van der Waals surface area contributed by atoms with Gasteiger partial charge in [-0.25, -0.2) is 0 Å². The molecule has 1 aliphatic heterocycles. The molecule has 1 atom stereocenters. The summed E-state index contributed by atoms with van der Waals surface area (Å²) in [6.07, 6.45) is 1.86. The van der Waals surface area contributed by atoms with E-state index in [9.17, 15) is 9.90 Å². The van der Waals surface area contributed by atoms with Crippen molar-refractivity contribution in [2.75, 3.05) is 11.4 Å². The lowest BCUT2D eigenvalue weighted by Crippen LogP contribution is -2.38. The Labute approximate surface area is 140 Å². The van der Waals surface area contributed by atoms with Crippen LogP contribution in [0, 0.1) is 0 Å². The van der Waals surface area contributed by atoms with Crippen molar-refractivity contribution in [3.63, 3.8) is 0 Å². The van der Waals surface area contributed by atoms with E-state index in [1.165, 1.54) is 0 Å². The van der Waals surface area contributed by atoms with Gasteiger partial charge in [-0.2, -0.15) is 0 Å². The van der Waals surface area contributed by atoms with Crippen LogP contribution in [0.15, 0.2) is 35.1 Å². The molecule has 22 heavy (non-hydrogen) atoms. The van der Waals surface area contributed by atoms with Gasteiger partial charge in [-0.15, -0.1) is 0 Å². The minimum absolute atomic E-state index is 0.0618. The quantitative estimate of drug-likeness (QED) is 0.773. The lowest BCUT2D eigenvalue weighted by atomic mass is 10.2. The van der Waals surface area contributed by atoms with Crippen molar-refractivity contribution in [1.82, 2.24) is 4.90 Å². The number of carboxylic acids is 1. The first-order chi connectivity index (χ1) is 10.5. The molecule has 1 aromatic rings.